The first-order valence-corrected chi connectivity index (χ1v) is 6.26. The molecular weight excluding hydrogens is 272 g/mol. The zero-order chi connectivity index (χ0) is 12.3. The van der Waals surface area contributed by atoms with Gasteiger partial charge in [-0.15, -0.1) is 0 Å². The van der Waals surface area contributed by atoms with Crippen LogP contribution < -0.4 is 0 Å². The molecule has 2 unspecified atom stereocenters. The molecule has 1 saturated heterocycles. The van der Waals surface area contributed by atoms with Gasteiger partial charge in [0.05, 0.1) is 12.0 Å². The predicted molar refractivity (Wildman–Crippen MR) is 64.2 cm³/mol. The van der Waals surface area contributed by atoms with Gasteiger partial charge in [0.25, 0.3) is 0 Å². The number of rotatable bonds is 0. The molecule has 0 aromatic heterocycles. The number of piperidine rings is 1. The van der Waals surface area contributed by atoms with E-state index in [1.54, 1.807) is 4.90 Å². The summed E-state index contributed by atoms with van der Waals surface area (Å²) in [6.07, 6.45) is 0.462. The molecule has 90 valence electrons. The van der Waals surface area contributed by atoms with Crippen LogP contribution in [0.2, 0.25) is 0 Å². The van der Waals surface area contributed by atoms with E-state index in [-0.39, 0.29) is 16.8 Å². The van der Waals surface area contributed by atoms with Crippen LogP contribution in [-0.4, -0.2) is 34.5 Å². The first kappa shape index (κ1) is 13.3. The van der Waals surface area contributed by atoms with Gasteiger partial charge in [-0.3, -0.25) is 0 Å². The fourth-order valence-corrected chi connectivity index (χ4v) is 2.03. The maximum atomic E-state index is 11.8. The molecule has 0 N–H and O–H groups in total. The third-order valence-electron chi connectivity index (χ3n) is 2.35. The number of amides is 1. The number of likely N-dealkylation sites (tertiary alicyclic amines) is 1. The van der Waals surface area contributed by atoms with Crippen LogP contribution in [0.5, 0.6) is 0 Å². The third kappa shape index (κ3) is 3.67. The van der Waals surface area contributed by atoms with E-state index in [0.29, 0.717) is 13.1 Å². The van der Waals surface area contributed by atoms with Crippen LogP contribution in [0.4, 0.5) is 4.79 Å². The monoisotopic (exact) mass is 288 g/mol. The van der Waals surface area contributed by atoms with Crippen LogP contribution in [0.3, 0.4) is 0 Å². The molecule has 0 radical (unpaired) electrons. The molecule has 0 aromatic rings. The number of hydrogen-bond donors (Lipinski definition) is 0. The van der Waals surface area contributed by atoms with Gasteiger partial charge in [-0.25, -0.2) is 4.79 Å². The Morgan fingerprint density at radius 3 is 2.69 bits per heavy atom. The van der Waals surface area contributed by atoms with Crippen molar-refractivity contribution in [3.63, 3.8) is 0 Å². The topological polar surface area (TPSA) is 53.3 Å². The zero-order valence-electron chi connectivity index (χ0n) is 9.86. The maximum absolute atomic E-state index is 11.8. The Morgan fingerprint density at radius 2 is 2.19 bits per heavy atom. The highest BCUT2D eigenvalue weighted by atomic mass is 79.9. The van der Waals surface area contributed by atoms with Gasteiger partial charge in [0.1, 0.15) is 5.60 Å². The van der Waals surface area contributed by atoms with E-state index in [1.165, 1.54) is 0 Å². The lowest BCUT2D eigenvalue weighted by atomic mass is 10.00. The minimum absolute atomic E-state index is 0.152. The lowest BCUT2D eigenvalue weighted by molar-refractivity contribution is 0.0195. The molecule has 16 heavy (non-hydrogen) atoms. The Kier molecular flexibility index (Phi) is 4.20. The van der Waals surface area contributed by atoms with Crippen molar-refractivity contribution in [1.82, 2.24) is 4.90 Å². The number of carbonyl (C=O) groups is 1. The van der Waals surface area contributed by atoms with Crippen LogP contribution >= 0.6 is 15.9 Å². The Hall–Kier alpha value is -0.760. The van der Waals surface area contributed by atoms with Crippen molar-refractivity contribution >= 4 is 22.0 Å². The minimum Gasteiger partial charge on any atom is -0.444 e. The minimum atomic E-state index is -0.482. The second-order valence-electron chi connectivity index (χ2n) is 4.97. The first-order valence-electron chi connectivity index (χ1n) is 5.35. The summed E-state index contributed by atoms with van der Waals surface area (Å²) in [6.45, 7) is 6.60. The number of nitrogens with zero attached hydrogens (tertiary/aromatic N) is 2. The van der Waals surface area contributed by atoms with Crippen molar-refractivity contribution in [3.05, 3.63) is 0 Å². The highest BCUT2D eigenvalue weighted by molar-refractivity contribution is 9.09. The molecule has 0 saturated carbocycles. The quantitative estimate of drug-likeness (QED) is 0.644. The van der Waals surface area contributed by atoms with Crippen LogP contribution in [0.15, 0.2) is 0 Å². The number of hydrogen-bond acceptors (Lipinski definition) is 3. The van der Waals surface area contributed by atoms with Crippen molar-refractivity contribution in [2.75, 3.05) is 13.1 Å². The molecule has 0 spiro atoms. The molecule has 4 nitrogen and oxygen atoms in total. The normalized spacial score (nSPS) is 26.1. The van der Waals surface area contributed by atoms with E-state index in [2.05, 4.69) is 22.0 Å². The van der Waals surface area contributed by atoms with Crippen molar-refractivity contribution in [3.8, 4) is 6.07 Å². The fourth-order valence-electron chi connectivity index (χ4n) is 1.54. The van der Waals surface area contributed by atoms with Crippen molar-refractivity contribution < 1.29 is 9.53 Å². The Bertz CT molecular complexity index is 306. The third-order valence-corrected chi connectivity index (χ3v) is 3.44. The van der Waals surface area contributed by atoms with Gasteiger partial charge in [-0.05, 0) is 27.2 Å². The van der Waals surface area contributed by atoms with Crippen molar-refractivity contribution in [2.24, 2.45) is 5.92 Å². The van der Waals surface area contributed by atoms with Crippen LogP contribution in [0, 0.1) is 17.2 Å². The fraction of sp³-hybridized carbons (Fsp3) is 0.818. The number of halogens is 1. The summed E-state index contributed by atoms with van der Waals surface area (Å²) in [5.74, 6) is -0.152. The lowest BCUT2D eigenvalue weighted by Crippen LogP contribution is -2.45. The molecule has 1 rings (SSSR count). The highest BCUT2D eigenvalue weighted by Crippen LogP contribution is 2.24. The largest absolute Gasteiger partial charge is 0.444 e. The van der Waals surface area contributed by atoms with Crippen molar-refractivity contribution in [2.45, 2.75) is 37.6 Å². The van der Waals surface area contributed by atoms with Crippen LogP contribution in [0.1, 0.15) is 27.2 Å². The van der Waals surface area contributed by atoms with Gasteiger partial charge in [-0.2, -0.15) is 5.26 Å². The zero-order valence-corrected chi connectivity index (χ0v) is 11.5. The van der Waals surface area contributed by atoms with Gasteiger partial charge in [-0.1, -0.05) is 15.9 Å². The maximum Gasteiger partial charge on any atom is 0.410 e. The van der Waals surface area contributed by atoms with Crippen molar-refractivity contribution in [1.29, 1.82) is 5.26 Å². The molecule has 0 aliphatic carbocycles. The van der Waals surface area contributed by atoms with Gasteiger partial charge in [0.2, 0.25) is 0 Å². The summed E-state index contributed by atoms with van der Waals surface area (Å²) in [5.41, 5.74) is -0.482. The van der Waals surface area contributed by atoms with E-state index in [4.69, 9.17) is 10.00 Å². The Balaban J connectivity index is 2.56. The van der Waals surface area contributed by atoms with E-state index in [9.17, 15) is 4.79 Å². The summed E-state index contributed by atoms with van der Waals surface area (Å²) in [6, 6.07) is 2.21. The number of ether oxygens (including phenoxy) is 1. The summed E-state index contributed by atoms with van der Waals surface area (Å²) in [5, 5.41) is 8.93. The number of nitriles is 1. The molecule has 1 aliphatic rings. The summed E-state index contributed by atoms with van der Waals surface area (Å²) in [7, 11) is 0. The SMILES string of the molecule is CC(C)(C)OC(=O)N1CCC(Br)C(C#N)C1. The van der Waals surface area contributed by atoms with E-state index in [0.717, 1.165) is 6.42 Å². The lowest BCUT2D eigenvalue weighted by Gasteiger charge is -2.34. The van der Waals surface area contributed by atoms with Gasteiger partial charge >= 0.3 is 6.09 Å². The molecule has 0 bridgehead atoms. The van der Waals surface area contributed by atoms with Gasteiger partial charge < -0.3 is 9.64 Å². The first-order chi connectivity index (χ1) is 7.33. The highest BCUT2D eigenvalue weighted by Gasteiger charge is 2.32. The van der Waals surface area contributed by atoms with Gasteiger partial charge in [0, 0.05) is 17.9 Å². The second kappa shape index (κ2) is 5.05. The molecule has 0 aromatic carbocycles. The van der Waals surface area contributed by atoms with Gasteiger partial charge in [0.15, 0.2) is 0 Å². The summed E-state index contributed by atoms with van der Waals surface area (Å²) >= 11 is 3.45. The number of alkyl halides is 1. The van der Waals surface area contributed by atoms with E-state index >= 15 is 0 Å². The predicted octanol–water partition coefficient (Wildman–Crippen LogP) is 2.53. The number of carbonyl (C=O) groups excluding carboxylic acids is 1. The second-order valence-corrected chi connectivity index (χ2v) is 6.14. The Morgan fingerprint density at radius 1 is 1.56 bits per heavy atom. The summed E-state index contributed by atoms with van der Waals surface area (Å²) in [4.78, 5) is 13.5. The van der Waals surface area contributed by atoms with E-state index in [1.807, 2.05) is 20.8 Å². The molecule has 5 heteroatoms. The Labute approximate surface area is 105 Å². The molecule has 1 fully saturated rings. The molecule has 2 atom stereocenters. The molecular formula is C11H17BrN2O2. The average molecular weight is 289 g/mol. The molecule has 1 aliphatic heterocycles. The molecule has 1 heterocycles. The average Bonchev–Trinajstić information content (AvgIpc) is 2.15. The molecule has 1 amide bonds. The standard InChI is InChI=1S/C11H17BrN2O2/c1-11(2,3)16-10(15)14-5-4-9(12)8(6-13)7-14/h8-9H,4-5,7H2,1-3H3. The smallest absolute Gasteiger partial charge is 0.410 e. The van der Waals surface area contributed by atoms with Crippen LogP contribution in [0.25, 0.3) is 0 Å². The van der Waals surface area contributed by atoms with E-state index < -0.39 is 5.60 Å². The van der Waals surface area contributed by atoms with Crippen LogP contribution in [-0.2, 0) is 4.74 Å². The summed E-state index contributed by atoms with van der Waals surface area (Å²) < 4.78 is 5.27.